The topological polar surface area (TPSA) is 88.4 Å². The van der Waals surface area contributed by atoms with E-state index in [1.165, 1.54) is 23.8 Å². The third-order valence-corrected chi connectivity index (χ3v) is 5.02. The maximum absolute atomic E-state index is 13.3. The van der Waals surface area contributed by atoms with Crippen molar-refractivity contribution >= 4 is 16.0 Å². The van der Waals surface area contributed by atoms with Crippen molar-refractivity contribution in [2.24, 2.45) is 0 Å². The van der Waals surface area contributed by atoms with Gasteiger partial charge in [0.25, 0.3) is 0 Å². The molecule has 24 heavy (non-hydrogen) atoms. The molecule has 9 heteroatoms. The summed E-state index contributed by atoms with van der Waals surface area (Å²) in [6.07, 6.45) is 1.21. The molecule has 0 aliphatic heterocycles. The van der Waals surface area contributed by atoms with Crippen molar-refractivity contribution < 1.29 is 27.1 Å². The Hall–Kier alpha value is -2.26. The second kappa shape index (κ2) is 6.70. The zero-order valence-electron chi connectivity index (χ0n) is 13.0. The normalized spacial score (nSPS) is 13.0. The Morgan fingerprint density at radius 2 is 1.96 bits per heavy atom. The van der Waals surface area contributed by atoms with Crippen LogP contribution >= 0.6 is 0 Å². The minimum Gasteiger partial charge on any atom is -0.477 e. The first-order valence-electron chi connectivity index (χ1n) is 7.06. The molecule has 1 aromatic carbocycles. The molecular formula is C15H16F2N2O4S. The highest BCUT2D eigenvalue weighted by atomic mass is 32.2. The smallest absolute Gasteiger partial charge is 0.352 e. The predicted octanol–water partition coefficient (Wildman–Crippen LogP) is 2.52. The van der Waals surface area contributed by atoms with Gasteiger partial charge in [-0.1, -0.05) is 6.07 Å². The van der Waals surface area contributed by atoms with Gasteiger partial charge in [-0.25, -0.2) is 26.7 Å². The van der Waals surface area contributed by atoms with E-state index >= 15 is 0 Å². The molecule has 0 amide bonds. The molecule has 0 saturated carbocycles. The van der Waals surface area contributed by atoms with Gasteiger partial charge in [-0.05, 0) is 37.6 Å². The largest absolute Gasteiger partial charge is 0.477 e. The summed E-state index contributed by atoms with van der Waals surface area (Å²) in [6, 6.07) is 3.30. The Bertz CT molecular complexity index is 878. The fourth-order valence-corrected chi connectivity index (χ4v) is 3.49. The SMILES string of the molecule is CCn1cc(S(=O)(=O)NC(C)c2ccc(F)c(F)c2)cc1C(=O)O. The number of benzene rings is 1. The first-order valence-corrected chi connectivity index (χ1v) is 8.54. The van der Waals surface area contributed by atoms with E-state index in [-0.39, 0.29) is 22.7 Å². The number of carboxylic acids is 1. The van der Waals surface area contributed by atoms with Crippen LogP contribution in [0, 0.1) is 11.6 Å². The third-order valence-electron chi connectivity index (χ3n) is 3.52. The number of rotatable bonds is 6. The van der Waals surface area contributed by atoms with Gasteiger partial charge in [-0.3, -0.25) is 0 Å². The Kier molecular flexibility index (Phi) is 5.05. The van der Waals surface area contributed by atoms with Crippen molar-refractivity contribution in [1.82, 2.24) is 9.29 Å². The minimum absolute atomic E-state index is 0.154. The van der Waals surface area contributed by atoms with Crippen LogP contribution in [0.1, 0.15) is 35.9 Å². The lowest BCUT2D eigenvalue weighted by Crippen LogP contribution is -2.26. The molecular weight excluding hydrogens is 342 g/mol. The second-order valence-electron chi connectivity index (χ2n) is 5.17. The molecule has 2 N–H and O–H groups in total. The van der Waals surface area contributed by atoms with Gasteiger partial charge >= 0.3 is 5.97 Å². The summed E-state index contributed by atoms with van der Waals surface area (Å²) in [7, 11) is -4.03. The number of halogens is 2. The van der Waals surface area contributed by atoms with Gasteiger partial charge in [0.05, 0.1) is 0 Å². The lowest BCUT2D eigenvalue weighted by Gasteiger charge is -2.14. The molecule has 1 aromatic heterocycles. The molecule has 2 rings (SSSR count). The molecule has 0 saturated heterocycles. The Morgan fingerprint density at radius 3 is 2.46 bits per heavy atom. The summed E-state index contributed by atoms with van der Waals surface area (Å²) in [5, 5.41) is 9.08. The predicted molar refractivity (Wildman–Crippen MR) is 82.2 cm³/mol. The van der Waals surface area contributed by atoms with Gasteiger partial charge in [-0.2, -0.15) is 0 Å². The fraction of sp³-hybridized carbons (Fsp3) is 0.267. The standard InChI is InChI=1S/C15H16F2N2O4S/c1-3-19-8-11(7-14(19)15(20)21)24(22,23)18-9(2)10-4-5-12(16)13(17)6-10/h4-9,18H,3H2,1-2H3,(H,20,21). The summed E-state index contributed by atoms with van der Waals surface area (Å²) in [5.74, 6) is -3.35. The number of nitrogens with zero attached hydrogens (tertiary/aromatic N) is 1. The first-order chi connectivity index (χ1) is 11.2. The van der Waals surface area contributed by atoms with E-state index < -0.39 is 33.7 Å². The number of carboxylic acid groups (broad SMARTS) is 1. The second-order valence-corrected chi connectivity index (χ2v) is 6.88. The minimum atomic E-state index is -4.03. The number of carbonyl (C=O) groups is 1. The highest BCUT2D eigenvalue weighted by Gasteiger charge is 2.23. The molecule has 1 heterocycles. The van der Waals surface area contributed by atoms with Crippen LogP contribution in [-0.2, 0) is 16.6 Å². The fourth-order valence-electron chi connectivity index (χ4n) is 2.22. The molecule has 0 aliphatic carbocycles. The zero-order chi connectivity index (χ0) is 18.1. The van der Waals surface area contributed by atoms with E-state index in [4.69, 9.17) is 5.11 Å². The molecule has 0 radical (unpaired) electrons. The van der Waals surface area contributed by atoms with E-state index in [1.807, 2.05) is 0 Å². The van der Waals surface area contributed by atoms with E-state index in [2.05, 4.69) is 4.72 Å². The van der Waals surface area contributed by atoms with Gasteiger partial charge in [0, 0.05) is 18.8 Å². The lowest BCUT2D eigenvalue weighted by molar-refractivity contribution is 0.0685. The maximum atomic E-state index is 13.3. The van der Waals surface area contributed by atoms with Crippen molar-refractivity contribution in [2.75, 3.05) is 0 Å². The van der Waals surface area contributed by atoms with Crippen molar-refractivity contribution in [3.8, 4) is 0 Å². The average molecular weight is 358 g/mol. The van der Waals surface area contributed by atoms with Crippen LogP contribution in [0.3, 0.4) is 0 Å². The Morgan fingerprint density at radius 1 is 1.29 bits per heavy atom. The van der Waals surface area contributed by atoms with Gasteiger partial charge in [0.15, 0.2) is 11.6 Å². The summed E-state index contributed by atoms with van der Waals surface area (Å²) < 4.78 is 54.6. The van der Waals surface area contributed by atoms with E-state index in [1.54, 1.807) is 6.92 Å². The quantitative estimate of drug-likeness (QED) is 0.830. The maximum Gasteiger partial charge on any atom is 0.352 e. The Balaban J connectivity index is 2.30. The number of sulfonamides is 1. The number of aromatic carboxylic acids is 1. The number of hydrogen-bond donors (Lipinski definition) is 2. The highest BCUT2D eigenvalue weighted by Crippen LogP contribution is 2.20. The van der Waals surface area contributed by atoms with Crippen LogP contribution in [0.2, 0.25) is 0 Å². The van der Waals surface area contributed by atoms with Gasteiger partial charge in [0.2, 0.25) is 10.0 Å². The number of nitrogens with one attached hydrogen (secondary N) is 1. The summed E-state index contributed by atoms with van der Waals surface area (Å²) in [6.45, 7) is 3.44. The lowest BCUT2D eigenvalue weighted by atomic mass is 10.1. The monoisotopic (exact) mass is 358 g/mol. The summed E-state index contributed by atoms with van der Waals surface area (Å²) in [5.41, 5.74) is 0.0872. The molecule has 1 atom stereocenters. The number of aromatic nitrogens is 1. The van der Waals surface area contributed by atoms with Crippen molar-refractivity contribution in [2.45, 2.75) is 31.3 Å². The van der Waals surface area contributed by atoms with Gasteiger partial charge in [0.1, 0.15) is 10.6 Å². The third kappa shape index (κ3) is 3.62. The average Bonchev–Trinajstić information content (AvgIpc) is 2.95. The van der Waals surface area contributed by atoms with E-state index in [0.717, 1.165) is 18.2 Å². The van der Waals surface area contributed by atoms with Crippen LogP contribution in [0.5, 0.6) is 0 Å². The van der Waals surface area contributed by atoms with E-state index in [0.29, 0.717) is 0 Å². The Labute approximate surface area is 137 Å². The molecule has 0 fully saturated rings. The number of hydrogen-bond acceptors (Lipinski definition) is 3. The number of aryl methyl sites for hydroxylation is 1. The van der Waals surface area contributed by atoms with Crippen LogP contribution in [0.25, 0.3) is 0 Å². The molecule has 1 unspecified atom stereocenters. The van der Waals surface area contributed by atoms with Crippen LogP contribution in [0.15, 0.2) is 35.4 Å². The summed E-state index contributed by atoms with van der Waals surface area (Å²) >= 11 is 0. The molecule has 0 bridgehead atoms. The van der Waals surface area contributed by atoms with Crippen LogP contribution < -0.4 is 4.72 Å². The van der Waals surface area contributed by atoms with Crippen LogP contribution in [-0.4, -0.2) is 24.1 Å². The van der Waals surface area contributed by atoms with Gasteiger partial charge < -0.3 is 9.67 Å². The van der Waals surface area contributed by atoms with Gasteiger partial charge in [-0.15, -0.1) is 0 Å². The molecule has 0 aliphatic rings. The van der Waals surface area contributed by atoms with Crippen LogP contribution in [0.4, 0.5) is 8.78 Å². The first kappa shape index (κ1) is 18.1. The van der Waals surface area contributed by atoms with E-state index in [9.17, 15) is 22.0 Å². The molecule has 2 aromatic rings. The molecule has 6 nitrogen and oxygen atoms in total. The van der Waals surface area contributed by atoms with Crippen molar-refractivity contribution in [1.29, 1.82) is 0 Å². The zero-order valence-corrected chi connectivity index (χ0v) is 13.8. The highest BCUT2D eigenvalue weighted by molar-refractivity contribution is 7.89. The van der Waals surface area contributed by atoms with Crippen molar-refractivity contribution in [3.05, 3.63) is 53.4 Å². The molecule has 130 valence electrons. The van der Waals surface area contributed by atoms with Crippen molar-refractivity contribution in [3.63, 3.8) is 0 Å². The molecule has 0 spiro atoms. The summed E-state index contributed by atoms with van der Waals surface area (Å²) in [4.78, 5) is 10.9.